The summed E-state index contributed by atoms with van der Waals surface area (Å²) in [7, 11) is 0. The minimum Gasteiger partial charge on any atom is -0.491 e. The lowest BCUT2D eigenvalue weighted by molar-refractivity contribution is -0.00628. The van der Waals surface area contributed by atoms with Gasteiger partial charge in [-0.1, -0.05) is 36.4 Å². The van der Waals surface area contributed by atoms with Gasteiger partial charge < -0.3 is 14.2 Å². The highest BCUT2D eigenvalue weighted by Gasteiger charge is 2.10. The Morgan fingerprint density at radius 1 is 0.739 bits per heavy atom. The number of rotatable bonds is 8. The molecule has 0 amide bonds. The minimum atomic E-state index is -0.00277. The summed E-state index contributed by atoms with van der Waals surface area (Å²) in [6, 6.07) is 16.0. The average molecular weight is 314 g/mol. The molecule has 3 heteroatoms. The zero-order valence-corrected chi connectivity index (χ0v) is 14.4. The lowest BCUT2D eigenvalue weighted by Gasteiger charge is -2.20. The van der Waals surface area contributed by atoms with Gasteiger partial charge in [-0.15, -0.1) is 0 Å². The molecule has 0 aliphatic carbocycles. The Hall–Kier alpha value is -2.00. The molecule has 23 heavy (non-hydrogen) atoms. The van der Waals surface area contributed by atoms with Gasteiger partial charge in [0.1, 0.15) is 24.2 Å². The van der Waals surface area contributed by atoms with Gasteiger partial charge in [0.05, 0.1) is 12.7 Å². The fourth-order valence-corrected chi connectivity index (χ4v) is 2.21. The first-order valence-corrected chi connectivity index (χ1v) is 8.08. The third kappa shape index (κ3) is 5.61. The molecule has 0 radical (unpaired) electrons. The van der Waals surface area contributed by atoms with Gasteiger partial charge in [-0.25, -0.2) is 0 Å². The molecule has 2 unspecified atom stereocenters. The quantitative estimate of drug-likeness (QED) is 0.715. The third-order valence-electron chi connectivity index (χ3n) is 3.60. The molecule has 0 saturated carbocycles. The van der Waals surface area contributed by atoms with E-state index in [4.69, 9.17) is 14.2 Å². The highest BCUT2D eigenvalue weighted by Crippen LogP contribution is 2.18. The van der Waals surface area contributed by atoms with Gasteiger partial charge >= 0.3 is 0 Å². The Bertz CT molecular complexity index is 609. The monoisotopic (exact) mass is 314 g/mol. The fraction of sp³-hybridized carbons (Fsp3) is 0.400. The van der Waals surface area contributed by atoms with Crippen LogP contribution in [0.3, 0.4) is 0 Å². The van der Waals surface area contributed by atoms with Crippen molar-refractivity contribution in [2.75, 3.05) is 13.2 Å². The van der Waals surface area contributed by atoms with Crippen LogP contribution in [0.5, 0.6) is 11.5 Å². The molecule has 2 aromatic rings. The SMILES string of the molecule is Cc1ccccc1OCC(C)OCC(C)Oc1ccccc1C. The maximum atomic E-state index is 5.91. The topological polar surface area (TPSA) is 27.7 Å². The summed E-state index contributed by atoms with van der Waals surface area (Å²) in [5.41, 5.74) is 2.27. The number of aryl methyl sites for hydroxylation is 2. The van der Waals surface area contributed by atoms with Gasteiger partial charge in [-0.2, -0.15) is 0 Å². The van der Waals surface area contributed by atoms with Crippen LogP contribution >= 0.6 is 0 Å². The molecule has 3 nitrogen and oxygen atoms in total. The van der Waals surface area contributed by atoms with Crippen molar-refractivity contribution in [1.29, 1.82) is 0 Å². The van der Waals surface area contributed by atoms with Crippen LogP contribution in [0.15, 0.2) is 48.5 Å². The number of hydrogen-bond acceptors (Lipinski definition) is 3. The lowest BCUT2D eigenvalue weighted by atomic mass is 10.2. The summed E-state index contributed by atoms with van der Waals surface area (Å²) in [6.07, 6.45) is 0.00883. The van der Waals surface area contributed by atoms with Crippen LogP contribution < -0.4 is 9.47 Å². The second-order valence-corrected chi connectivity index (χ2v) is 5.91. The van der Waals surface area contributed by atoms with Gasteiger partial charge in [-0.3, -0.25) is 0 Å². The molecule has 0 bridgehead atoms. The Labute approximate surface area is 139 Å². The summed E-state index contributed by atoms with van der Waals surface area (Å²) in [6.45, 7) is 9.18. The lowest BCUT2D eigenvalue weighted by Crippen LogP contribution is -2.26. The van der Waals surface area contributed by atoms with Crippen molar-refractivity contribution >= 4 is 0 Å². The van der Waals surface area contributed by atoms with Crippen LogP contribution in [0, 0.1) is 13.8 Å². The van der Waals surface area contributed by atoms with E-state index < -0.39 is 0 Å². The van der Waals surface area contributed by atoms with Crippen molar-refractivity contribution in [3.63, 3.8) is 0 Å². The molecule has 2 atom stereocenters. The summed E-state index contributed by atoms with van der Waals surface area (Å²) in [5, 5.41) is 0. The van der Waals surface area contributed by atoms with E-state index in [-0.39, 0.29) is 12.2 Å². The van der Waals surface area contributed by atoms with E-state index in [1.54, 1.807) is 0 Å². The Morgan fingerprint density at radius 2 is 1.30 bits per heavy atom. The third-order valence-corrected chi connectivity index (χ3v) is 3.60. The maximum Gasteiger partial charge on any atom is 0.122 e. The standard InChI is InChI=1S/C20H26O3/c1-15-9-5-7-11-19(15)22-13-17(3)21-14-18(4)23-20-12-8-6-10-16(20)2/h5-12,17-18H,13-14H2,1-4H3. The minimum absolute atomic E-state index is 0.00277. The summed E-state index contributed by atoms with van der Waals surface area (Å²) in [5.74, 6) is 1.82. The Balaban J connectivity index is 1.72. The van der Waals surface area contributed by atoms with E-state index in [9.17, 15) is 0 Å². The zero-order chi connectivity index (χ0) is 16.7. The van der Waals surface area contributed by atoms with E-state index in [1.165, 1.54) is 0 Å². The smallest absolute Gasteiger partial charge is 0.122 e. The van der Waals surface area contributed by atoms with E-state index in [0.717, 1.165) is 22.6 Å². The molecule has 0 aromatic heterocycles. The van der Waals surface area contributed by atoms with Gasteiger partial charge in [-0.05, 0) is 51.0 Å². The molecule has 0 heterocycles. The van der Waals surface area contributed by atoms with Crippen LogP contribution in [-0.2, 0) is 4.74 Å². The van der Waals surface area contributed by atoms with Crippen molar-refractivity contribution in [1.82, 2.24) is 0 Å². The first-order chi connectivity index (χ1) is 11.1. The number of para-hydroxylation sites is 2. The number of ether oxygens (including phenoxy) is 3. The van der Waals surface area contributed by atoms with Gasteiger partial charge in [0.15, 0.2) is 0 Å². The van der Waals surface area contributed by atoms with Gasteiger partial charge in [0.25, 0.3) is 0 Å². The fourth-order valence-electron chi connectivity index (χ4n) is 2.21. The van der Waals surface area contributed by atoms with E-state index in [2.05, 4.69) is 0 Å². The second-order valence-electron chi connectivity index (χ2n) is 5.91. The van der Waals surface area contributed by atoms with Crippen molar-refractivity contribution < 1.29 is 14.2 Å². The number of benzene rings is 2. The predicted molar refractivity (Wildman–Crippen MR) is 93.4 cm³/mol. The Morgan fingerprint density at radius 3 is 1.91 bits per heavy atom. The van der Waals surface area contributed by atoms with Gasteiger partial charge in [0.2, 0.25) is 0 Å². The first kappa shape index (κ1) is 17.4. The van der Waals surface area contributed by atoms with Crippen molar-refractivity contribution in [3.05, 3.63) is 59.7 Å². The van der Waals surface area contributed by atoms with Crippen LogP contribution in [0.25, 0.3) is 0 Å². The van der Waals surface area contributed by atoms with Gasteiger partial charge in [0, 0.05) is 0 Å². The van der Waals surface area contributed by atoms with E-state index in [0.29, 0.717) is 13.2 Å². The average Bonchev–Trinajstić information content (AvgIpc) is 2.54. The molecule has 0 spiro atoms. The maximum absolute atomic E-state index is 5.91. The molecule has 0 aliphatic rings. The van der Waals surface area contributed by atoms with Crippen LogP contribution in [-0.4, -0.2) is 25.4 Å². The van der Waals surface area contributed by atoms with E-state index >= 15 is 0 Å². The summed E-state index contributed by atoms with van der Waals surface area (Å²) >= 11 is 0. The molecule has 0 aliphatic heterocycles. The summed E-state index contributed by atoms with van der Waals surface area (Å²) < 4.78 is 17.5. The van der Waals surface area contributed by atoms with Crippen molar-refractivity contribution in [3.8, 4) is 11.5 Å². The van der Waals surface area contributed by atoms with Crippen molar-refractivity contribution in [2.45, 2.75) is 39.9 Å². The van der Waals surface area contributed by atoms with Crippen LogP contribution in [0.2, 0.25) is 0 Å². The van der Waals surface area contributed by atoms with Crippen LogP contribution in [0.1, 0.15) is 25.0 Å². The number of hydrogen-bond donors (Lipinski definition) is 0. The molecule has 0 fully saturated rings. The van der Waals surface area contributed by atoms with Crippen LogP contribution in [0.4, 0.5) is 0 Å². The Kier molecular flexibility index (Phi) is 6.48. The molecule has 0 N–H and O–H groups in total. The molecule has 0 saturated heterocycles. The molecular weight excluding hydrogens is 288 g/mol. The highest BCUT2D eigenvalue weighted by atomic mass is 16.6. The normalized spacial score (nSPS) is 13.4. The highest BCUT2D eigenvalue weighted by molar-refractivity contribution is 5.32. The molecule has 124 valence electrons. The summed E-state index contributed by atoms with van der Waals surface area (Å²) in [4.78, 5) is 0. The predicted octanol–water partition coefficient (Wildman–Crippen LogP) is 4.55. The second kappa shape index (κ2) is 8.59. The molecular formula is C20H26O3. The molecule has 2 rings (SSSR count). The van der Waals surface area contributed by atoms with Crippen molar-refractivity contribution in [2.24, 2.45) is 0 Å². The van der Waals surface area contributed by atoms with E-state index in [1.807, 2.05) is 76.2 Å². The zero-order valence-electron chi connectivity index (χ0n) is 14.4. The largest absolute Gasteiger partial charge is 0.491 e. The molecule has 2 aromatic carbocycles. The first-order valence-electron chi connectivity index (χ1n) is 8.08.